The second-order valence-corrected chi connectivity index (χ2v) is 6.76. The maximum Gasteiger partial charge on any atom is 0.224 e. The number of carbonyl (C=O) groups excluding carboxylic acids is 2. The van der Waals surface area contributed by atoms with Gasteiger partial charge in [-0.15, -0.1) is 0 Å². The number of benzene rings is 1. The zero-order valence-corrected chi connectivity index (χ0v) is 14.5. The SMILES string of the molecule is CC(=O)N(CCC(=O)N1CCCC(C)C1)Cc1ccc(C)cc1. The molecule has 1 aromatic carbocycles. The van der Waals surface area contributed by atoms with E-state index in [1.807, 2.05) is 36.1 Å². The van der Waals surface area contributed by atoms with Crippen LogP contribution in [0.3, 0.4) is 0 Å². The lowest BCUT2D eigenvalue weighted by molar-refractivity contribution is -0.135. The lowest BCUT2D eigenvalue weighted by Gasteiger charge is -2.31. The van der Waals surface area contributed by atoms with E-state index in [-0.39, 0.29) is 11.8 Å². The minimum Gasteiger partial charge on any atom is -0.342 e. The van der Waals surface area contributed by atoms with Crippen molar-refractivity contribution in [3.63, 3.8) is 0 Å². The van der Waals surface area contributed by atoms with Crippen LogP contribution in [-0.4, -0.2) is 41.2 Å². The normalized spacial score (nSPS) is 17.9. The molecule has 1 aliphatic rings. The monoisotopic (exact) mass is 316 g/mol. The standard InChI is InChI=1S/C19H28N2O2/c1-15-6-8-18(9-7-15)14-20(17(3)22)12-10-19(23)21-11-4-5-16(2)13-21/h6-9,16H,4-5,10-14H2,1-3H3. The van der Waals surface area contributed by atoms with Gasteiger partial charge in [0.25, 0.3) is 0 Å². The van der Waals surface area contributed by atoms with Crippen molar-refractivity contribution < 1.29 is 9.59 Å². The molecule has 1 aromatic rings. The molecule has 0 spiro atoms. The number of amides is 2. The van der Waals surface area contributed by atoms with Crippen LogP contribution in [0.15, 0.2) is 24.3 Å². The number of piperidine rings is 1. The Hall–Kier alpha value is -1.84. The van der Waals surface area contributed by atoms with Crippen molar-refractivity contribution in [3.05, 3.63) is 35.4 Å². The molecule has 1 fully saturated rings. The number of aryl methyl sites for hydroxylation is 1. The van der Waals surface area contributed by atoms with Gasteiger partial charge in [-0.05, 0) is 31.2 Å². The van der Waals surface area contributed by atoms with Gasteiger partial charge in [0.2, 0.25) is 11.8 Å². The summed E-state index contributed by atoms with van der Waals surface area (Å²) in [5.41, 5.74) is 2.31. The van der Waals surface area contributed by atoms with Crippen LogP contribution in [0.2, 0.25) is 0 Å². The Morgan fingerprint density at radius 2 is 1.96 bits per heavy atom. The fourth-order valence-electron chi connectivity index (χ4n) is 3.07. The Morgan fingerprint density at radius 3 is 2.57 bits per heavy atom. The Bertz CT molecular complexity index is 539. The Kier molecular flexibility index (Phi) is 6.20. The van der Waals surface area contributed by atoms with Crippen LogP contribution in [0.5, 0.6) is 0 Å². The van der Waals surface area contributed by atoms with Gasteiger partial charge in [0.05, 0.1) is 0 Å². The van der Waals surface area contributed by atoms with Crippen molar-refractivity contribution in [3.8, 4) is 0 Å². The van der Waals surface area contributed by atoms with E-state index in [4.69, 9.17) is 0 Å². The highest BCUT2D eigenvalue weighted by Gasteiger charge is 2.21. The molecule has 4 nitrogen and oxygen atoms in total. The van der Waals surface area contributed by atoms with E-state index in [0.29, 0.717) is 25.4 Å². The van der Waals surface area contributed by atoms with E-state index >= 15 is 0 Å². The smallest absolute Gasteiger partial charge is 0.224 e. The fourth-order valence-corrected chi connectivity index (χ4v) is 3.07. The molecule has 2 rings (SSSR count). The van der Waals surface area contributed by atoms with Gasteiger partial charge in [0, 0.05) is 39.5 Å². The minimum atomic E-state index is 0.0189. The van der Waals surface area contributed by atoms with Gasteiger partial charge >= 0.3 is 0 Å². The maximum atomic E-state index is 12.4. The van der Waals surface area contributed by atoms with E-state index in [0.717, 1.165) is 25.1 Å². The number of hydrogen-bond acceptors (Lipinski definition) is 2. The summed E-state index contributed by atoms with van der Waals surface area (Å²) in [6.45, 7) is 8.59. The van der Waals surface area contributed by atoms with E-state index in [9.17, 15) is 9.59 Å². The molecule has 2 amide bonds. The highest BCUT2D eigenvalue weighted by molar-refractivity contribution is 5.78. The predicted octanol–water partition coefficient (Wildman–Crippen LogP) is 2.99. The lowest BCUT2D eigenvalue weighted by atomic mass is 10.00. The van der Waals surface area contributed by atoms with Gasteiger partial charge < -0.3 is 9.80 Å². The molecule has 1 unspecified atom stereocenters. The molecule has 0 saturated carbocycles. The molecule has 0 radical (unpaired) electrons. The average molecular weight is 316 g/mol. The number of nitrogens with zero attached hydrogens (tertiary/aromatic N) is 2. The quantitative estimate of drug-likeness (QED) is 0.838. The summed E-state index contributed by atoms with van der Waals surface area (Å²) in [5.74, 6) is 0.779. The van der Waals surface area contributed by atoms with Crippen molar-refractivity contribution in [2.45, 2.75) is 46.6 Å². The van der Waals surface area contributed by atoms with Crippen molar-refractivity contribution in [1.29, 1.82) is 0 Å². The maximum absolute atomic E-state index is 12.4. The molecule has 0 aromatic heterocycles. The first kappa shape index (κ1) is 17.5. The molecular weight excluding hydrogens is 288 g/mol. The Labute approximate surface area is 139 Å². The highest BCUT2D eigenvalue weighted by Crippen LogP contribution is 2.16. The Balaban J connectivity index is 1.88. The van der Waals surface area contributed by atoms with Crippen molar-refractivity contribution in [2.75, 3.05) is 19.6 Å². The van der Waals surface area contributed by atoms with Crippen molar-refractivity contribution in [1.82, 2.24) is 9.80 Å². The molecule has 1 saturated heterocycles. The van der Waals surface area contributed by atoms with Gasteiger partial charge in [-0.25, -0.2) is 0 Å². The summed E-state index contributed by atoms with van der Waals surface area (Å²) in [5, 5.41) is 0. The first-order chi connectivity index (χ1) is 11.0. The zero-order chi connectivity index (χ0) is 16.8. The third-order valence-corrected chi connectivity index (χ3v) is 4.54. The predicted molar refractivity (Wildman–Crippen MR) is 91.9 cm³/mol. The summed E-state index contributed by atoms with van der Waals surface area (Å²) in [6, 6.07) is 8.18. The van der Waals surface area contributed by atoms with Crippen LogP contribution < -0.4 is 0 Å². The van der Waals surface area contributed by atoms with Crippen LogP contribution in [0.4, 0.5) is 0 Å². The van der Waals surface area contributed by atoms with Gasteiger partial charge in [-0.3, -0.25) is 9.59 Å². The molecule has 4 heteroatoms. The van der Waals surface area contributed by atoms with E-state index in [2.05, 4.69) is 6.92 Å². The van der Waals surface area contributed by atoms with E-state index in [1.165, 1.54) is 12.0 Å². The fraction of sp³-hybridized carbons (Fsp3) is 0.579. The lowest BCUT2D eigenvalue weighted by Crippen LogP contribution is -2.41. The molecule has 126 valence electrons. The number of likely N-dealkylation sites (tertiary alicyclic amines) is 1. The van der Waals surface area contributed by atoms with Crippen LogP contribution in [0.25, 0.3) is 0 Å². The molecule has 0 N–H and O–H groups in total. The summed E-state index contributed by atoms with van der Waals surface area (Å²) in [4.78, 5) is 27.9. The molecular formula is C19H28N2O2. The minimum absolute atomic E-state index is 0.0189. The number of hydrogen-bond donors (Lipinski definition) is 0. The second kappa shape index (κ2) is 8.14. The summed E-state index contributed by atoms with van der Waals surface area (Å²) in [6.07, 6.45) is 2.71. The molecule has 0 aliphatic carbocycles. The highest BCUT2D eigenvalue weighted by atomic mass is 16.2. The summed E-state index contributed by atoms with van der Waals surface area (Å²) in [7, 11) is 0. The van der Waals surface area contributed by atoms with Gasteiger partial charge in [-0.2, -0.15) is 0 Å². The van der Waals surface area contributed by atoms with Gasteiger partial charge in [0.15, 0.2) is 0 Å². The van der Waals surface area contributed by atoms with Crippen LogP contribution in [0.1, 0.15) is 44.2 Å². The van der Waals surface area contributed by atoms with Crippen LogP contribution >= 0.6 is 0 Å². The molecule has 0 bridgehead atoms. The average Bonchev–Trinajstić information content (AvgIpc) is 2.52. The zero-order valence-electron chi connectivity index (χ0n) is 14.5. The van der Waals surface area contributed by atoms with Crippen molar-refractivity contribution in [2.24, 2.45) is 5.92 Å². The molecule has 1 aliphatic heterocycles. The topological polar surface area (TPSA) is 40.6 Å². The van der Waals surface area contributed by atoms with Gasteiger partial charge in [0.1, 0.15) is 0 Å². The van der Waals surface area contributed by atoms with Crippen LogP contribution in [-0.2, 0) is 16.1 Å². The van der Waals surface area contributed by atoms with E-state index in [1.54, 1.807) is 11.8 Å². The third kappa shape index (κ3) is 5.38. The third-order valence-electron chi connectivity index (χ3n) is 4.54. The number of rotatable bonds is 5. The Morgan fingerprint density at radius 1 is 1.26 bits per heavy atom. The molecule has 1 atom stereocenters. The van der Waals surface area contributed by atoms with Crippen LogP contribution in [0, 0.1) is 12.8 Å². The molecule has 1 heterocycles. The first-order valence-electron chi connectivity index (χ1n) is 8.54. The number of carbonyl (C=O) groups is 2. The second-order valence-electron chi connectivity index (χ2n) is 6.76. The van der Waals surface area contributed by atoms with Gasteiger partial charge in [-0.1, -0.05) is 36.8 Å². The summed E-state index contributed by atoms with van der Waals surface area (Å²) < 4.78 is 0. The molecule has 23 heavy (non-hydrogen) atoms. The van der Waals surface area contributed by atoms with E-state index < -0.39 is 0 Å². The van der Waals surface area contributed by atoms with Crippen molar-refractivity contribution >= 4 is 11.8 Å². The first-order valence-corrected chi connectivity index (χ1v) is 8.54. The summed E-state index contributed by atoms with van der Waals surface area (Å²) >= 11 is 0. The largest absolute Gasteiger partial charge is 0.342 e.